The Kier molecular flexibility index (Phi) is 3.05. The molecule has 0 atom stereocenters. The number of carbonyl (C=O) groups is 1. The molecule has 0 fully saturated rings. The van der Waals surface area contributed by atoms with Gasteiger partial charge in [0, 0.05) is 12.7 Å². The molecule has 0 saturated heterocycles. The quantitative estimate of drug-likeness (QED) is 0.850. The molecule has 5 nitrogen and oxygen atoms in total. The molecule has 0 spiro atoms. The average molecular weight is 219 g/mol. The maximum atomic E-state index is 12.0. The highest BCUT2D eigenvalue weighted by atomic mass is 16.3. The summed E-state index contributed by atoms with van der Waals surface area (Å²) in [6.07, 6.45) is 4.71. The molecule has 84 valence electrons. The Balaban J connectivity index is 2.08. The first kappa shape index (κ1) is 10.5. The van der Waals surface area contributed by atoms with E-state index in [2.05, 4.69) is 10.2 Å². The minimum Gasteiger partial charge on any atom is -0.467 e. The summed E-state index contributed by atoms with van der Waals surface area (Å²) >= 11 is 0. The first-order valence-electron chi connectivity index (χ1n) is 5.11. The molecular weight excluding hydrogens is 206 g/mol. The Morgan fingerprint density at radius 1 is 1.62 bits per heavy atom. The fraction of sp³-hybridized carbons (Fsp3) is 0.273. The maximum absolute atomic E-state index is 12.0. The van der Waals surface area contributed by atoms with Gasteiger partial charge < -0.3 is 9.32 Å². The maximum Gasteiger partial charge on any atom is 0.257 e. The normalized spacial score (nSPS) is 10.3. The van der Waals surface area contributed by atoms with E-state index >= 15 is 0 Å². The Hall–Kier alpha value is -2.04. The number of hydrogen-bond acceptors (Lipinski definition) is 3. The number of rotatable bonds is 4. The van der Waals surface area contributed by atoms with E-state index < -0.39 is 0 Å². The van der Waals surface area contributed by atoms with Crippen LogP contribution < -0.4 is 0 Å². The number of amides is 1. The van der Waals surface area contributed by atoms with Crippen LogP contribution in [0.3, 0.4) is 0 Å². The number of aromatic nitrogens is 2. The second kappa shape index (κ2) is 4.65. The van der Waals surface area contributed by atoms with Crippen LogP contribution in [-0.4, -0.2) is 27.5 Å². The van der Waals surface area contributed by atoms with Gasteiger partial charge in [-0.25, -0.2) is 0 Å². The van der Waals surface area contributed by atoms with Gasteiger partial charge in [0.05, 0.1) is 24.6 Å². The Bertz CT molecular complexity index is 434. The highest BCUT2D eigenvalue weighted by molar-refractivity contribution is 5.93. The number of H-pyrrole nitrogens is 1. The van der Waals surface area contributed by atoms with Crippen LogP contribution in [0, 0.1) is 0 Å². The zero-order chi connectivity index (χ0) is 11.4. The highest BCUT2D eigenvalue weighted by Crippen LogP contribution is 2.09. The molecule has 2 aromatic rings. The lowest BCUT2D eigenvalue weighted by molar-refractivity contribution is 0.0741. The molecule has 1 N–H and O–H groups in total. The van der Waals surface area contributed by atoms with Gasteiger partial charge in [0.2, 0.25) is 0 Å². The van der Waals surface area contributed by atoms with E-state index in [4.69, 9.17) is 4.42 Å². The topological polar surface area (TPSA) is 62.1 Å². The smallest absolute Gasteiger partial charge is 0.257 e. The lowest BCUT2D eigenvalue weighted by atomic mass is 10.3. The average Bonchev–Trinajstić information content (AvgIpc) is 2.97. The van der Waals surface area contributed by atoms with Gasteiger partial charge in [-0.3, -0.25) is 9.89 Å². The van der Waals surface area contributed by atoms with E-state index in [-0.39, 0.29) is 5.91 Å². The van der Waals surface area contributed by atoms with Gasteiger partial charge in [-0.2, -0.15) is 5.10 Å². The van der Waals surface area contributed by atoms with Gasteiger partial charge in [-0.15, -0.1) is 0 Å². The molecule has 5 heteroatoms. The van der Waals surface area contributed by atoms with E-state index in [1.165, 1.54) is 6.20 Å². The lowest BCUT2D eigenvalue weighted by Crippen LogP contribution is -2.29. The minimum atomic E-state index is -0.0485. The molecule has 0 aromatic carbocycles. The molecule has 0 unspecified atom stereocenters. The number of hydrogen-bond donors (Lipinski definition) is 1. The van der Waals surface area contributed by atoms with Crippen molar-refractivity contribution in [3.8, 4) is 0 Å². The van der Waals surface area contributed by atoms with Gasteiger partial charge in [0.1, 0.15) is 5.76 Å². The number of aromatic amines is 1. The first-order chi connectivity index (χ1) is 7.81. The summed E-state index contributed by atoms with van der Waals surface area (Å²) in [4.78, 5) is 13.7. The molecule has 0 aliphatic carbocycles. The molecule has 0 aliphatic rings. The van der Waals surface area contributed by atoms with Crippen molar-refractivity contribution in [3.05, 3.63) is 42.1 Å². The molecule has 2 rings (SSSR count). The molecule has 0 bridgehead atoms. The minimum absolute atomic E-state index is 0.0485. The molecule has 0 aliphatic heterocycles. The van der Waals surface area contributed by atoms with Gasteiger partial charge in [0.25, 0.3) is 5.91 Å². The summed E-state index contributed by atoms with van der Waals surface area (Å²) in [5.74, 6) is 0.728. The van der Waals surface area contributed by atoms with Crippen molar-refractivity contribution < 1.29 is 9.21 Å². The zero-order valence-corrected chi connectivity index (χ0v) is 9.01. The number of nitrogens with zero attached hydrogens (tertiary/aromatic N) is 2. The largest absolute Gasteiger partial charge is 0.467 e. The molecule has 2 aromatic heterocycles. The molecule has 16 heavy (non-hydrogen) atoms. The van der Waals surface area contributed by atoms with Crippen LogP contribution in [0.1, 0.15) is 23.0 Å². The van der Waals surface area contributed by atoms with E-state index in [0.717, 1.165) is 5.76 Å². The van der Waals surface area contributed by atoms with Crippen molar-refractivity contribution in [2.75, 3.05) is 6.54 Å². The fourth-order valence-electron chi connectivity index (χ4n) is 1.47. The molecule has 0 saturated carbocycles. The summed E-state index contributed by atoms with van der Waals surface area (Å²) in [5.41, 5.74) is 0.563. The number of carbonyl (C=O) groups excluding carboxylic acids is 1. The monoisotopic (exact) mass is 219 g/mol. The van der Waals surface area contributed by atoms with Gasteiger partial charge in [-0.05, 0) is 19.1 Å². The van der Waals surface area contributed by atoms with Crippen LogP contribution >= 0.6 is 0 Å². The third-order valence-electron chi connectivity index (χ3n) is 2.34. The third kappa shape index (κ3) is 2.13. The summed E-state index contributed by atoms with van der Waals surface area (Å²) in [6, 6.07) is 3.66. The zero-order valence-electron chi connectivity index (χ0n) is 9.01. The molecular formula is C11H13N3O2. The van der Waals surface area contributed by atoms with E-state index in [0.29, 0.717) is 18.7 Å². The standard InChI is InChI=1S/C11H13N3O2/c1-2-14(8-10-4-3-5-16-10)11(15)9-6-12-13-7-9/h3-7H,2,8H2,1H3,(H,12,13). The summed E-state index contributed by atoms with van der Waals surface area (Å²) in [5, 5.41) is 6.39. The van der Waals surface area contributed by atoms with E-state index in [1.54, 1.807) is 17.4 Å². The predicted molar refractivity (Wildman–Crippen MR) is 57.7 cm³/mol. The van der Waals surface area contributed by atoms with Crippen LogP contribution in [0.5, 0.6) is 0 Å². The second-order valence-electron chi connectivity index (χ2n) is 3.39. The van der Waals surface area contributed by atoms with Crippen LogP contribution in [0.15, 0.2) is 35.2 Å². The van der Waals surface area contributed by atoms with E-state index in [1.807, 2.05) is 19.1 Å². The summed E-state index contributed by atoms with van der Waals surface area (Å²) in [7, 11) is 0. The predicted octanol–water partition coefficient (Wildman–Crippen LogP) is 1.66. The van der Waals surface area contributed by atoms with Crippen molar-refractivity contribution in [2.45, 2.75) is 13.5 Å². The summed E-state index contributed by atoms with van der Waals surface area (Å²) < 4.78 is 5.22. The van der Waals surface area contributed by atoms with Crippen molar-refractivity contribution in [1.29, 1.82) is 0 Å². The number of furan rings is 1. The third-order valence-corrected chi connectivity index (χ3v) is 2.34. The van der Waals surface area contributed by atoms with Crippen LogP contribution in [0.4, 0.5) is 0 Å². The summed E-state index contributed by atoms with van der Waals surface area (Å²) in [6.45, 7) is 3.04. The first-order valence-corrected chi connectivity index (χ1v) is 5.11. The second-order valence-corrected chi connectivity index (χ2v) is 3.39. The Labute approximate surface area is 93.1 Å². The van der Waals surface area contributed by atoms with Crippen molar-refractivity contribution in [3.63, 3.8) is 0 Å². The molecule has 2 heterocycles. The van der Waals surface area contributed by atoms with Crippen LogP contribution in [-0.2, 0) is 6.54 Å². The number of nitrogens with one attached hydrogen (secondary N) is 1. The van der Waals surface area contributed by atoms with Crippen LogP contribution in [0.2, 0.25) is 0 Å². The van der Waals surface area contributed by atoms with Gasteiger partial charge in [-0.1, -0.05) is 0 Å². The van der Waals surface area contributed by atoms with Crippen molar-refractivity contribution in [1.82, 2.24) is 15.1 Å². The molecule has 1 amide bonds. The van der Waals surface area contributed by atoms with Gasteiger partial charge in [0.15, 0.2) is 0 Å². The molecule has 0 radical (unpaired) electrons. The lowest BCUT2D eigenvalue weighted by Gasteiger charge is -2.18. The van der Waals surface area contributed by atoms with E-state index in [9.17, 15) is 4.79 Å². The van der Waals surface area contributed by atoms with Crippen molar-refractivity contribution >= 4 is 5.91 Å². The Morgan fingerprint density at radius 2 is 2.50 bits per heavy atom. The Morgan fingerprint density at radius 3 is 3.06 bits per heavy atom. The SMILES string of the molecule is CCN(Cc1ccco1)C(=O)c1cn[nH]c1. The fourth-order valence-corrected chi connectivity index (χ4v) is 1.47. The van der Waals surface area contributed by atoms with Crippen LogP contribution in [0.25, 0.3) is 0 Å². The highest BCUT2D eigenvalue weighted by Gasteiger charge is 2.16. The van der Waals surface area contributed by atoms with Gasteiger partial charge >= 0.3 is 0 Å². The van der Waals surface area contributed by atoms with Crippen molar-refractivity contribution in [2.24, 2.45) is 0 Å².